The van der Waals surface area contributed by atoms with E-state index in [4.69, 9.17) is 11.6 Å². The van der Waals surface area contributed by atoms with Crippen molar-refractivity contribution in [2.24, 2.45) is 0 Å². The van der Waals surface area contributed by atoms with Gasteiger partial charge in [0.2, 0.25) is 0 Å². The highest BCUT2D eigenvalue weighted by Gasteiger charge is 2.16. The number of hydrogen-bond acceptors (Lipinski definition) is 3. The summed E-state index contributed by atoms with van der Waals surface area (Å²) >= 11 is 5.97. The van der Waals surface area contributed by atoms with Gasteiger partial charge in [-0.05, 0) is 19.1 Å². The zero-order valence-electron chi connectivity index (χ0n) is 14.2. The maximum Gasteiger partial charge on any atom is 0.266 e. The van der Waals surface area contributed by atoms with E-state index in [9.17, 15) is 13.6 Å². The molecule has 3 heterocycles. The maximum absolute atomic E-state index is 14.3. The lowest BCUT2D eigenvalue weighted by molar-refractivity contribution is 0.590. The van der Waals surface area contributed by atoms with Crippen LogP contribution in [-0.4, -0.2) is 19.3 Å². The molecule has 0 saturated heterocycles. The van der Waals surface area contributed by atoms with Crippen LogP contribution in [0.15, 0.2) is 53.7 Å². The van der Waals surface area contributed by atoms with Crippen molar-refractivity contribution in [3.05, 3.63) is 87.2 Å². The molecule has 0 unspecified atom stereocenters. The van der Waals surface area contributed by atoms with Crippen LogP contribution in [0.3, 0.4) is 0 Å². The van der Waals surface area contributed by atoms with E-state index in [0.29, 0.717) is 22.0 Å². The van der Waals surface area contributed by atoms with Crippen molar-refractivity contribution in [2.45, 2.75) is 13.5 Å². The highest BCUT2D eigenvalue weighted by atomic mass is 35.5. The van der Waals surface area contributed by atoms with Gasteiger partial charge in [-0.1, -0.05) is 29.8 Å². The van der Waals surface area contributed by atoms with Crippen LogP contribution < -0.4 is 5.56 Å². The van der Waals surface area contributed by atoms with Gasteiger partial charge in [-0.2, -0.15) is 5.10 Å². The van der Waals surface area contributed by atoms with Crippen molar-refractivity contribution in [2.75, 3.05) is 0 Å². The van der Waals surface area contributed by atoms with Crippen molar-refractivity contribution in [1.82, 2.24) is 19.3 Å². The number of nitrogens with zero attached hydrogens (tertiary/aromatic N) is 4. The summed E-state index contributed by atoms with van der Waals surface area (Å²) in [6.07, 6.45) is 3.82. The van der Waals surface area contributed by atoms with Gasteiger partial charge in [-0.3, -0.25) is 14.0 Å². The molecule has 0 radical (unpaired) electrons. The highest BCUT2D eigenvalue weighted by molar-refractivity contribution is 6.30. The molecule has 0 saturated carbocycles. The predicted molar refractivity (Wildman–Crippen MR) is 98.3 cm³/mol. The molecule has 8 heteroatoms. The molecule has 0 fully saturated rings. The van der Waals surface area contributed by atoms with Crippen LogP contribution in [0, 0.1) is 18.6 Å². The van der Waals surface area contributed by atoms with Gasteiger partial charge in [-0.15, -0.1) is 0 Å². The van der Waals surface area contributed by atoms with Crippen LogP contribution in [0.2, 0.25) is 5.15 Å². The lowest BCUT2D eigenvalue weighted by Crippen LogP contribution is -2.20. The molecule has 0 N–H and O–H groups in total. The summed E-state index contributed by atoms with van der Waals surface area (Å²) in [5.74, 6) is -1.00. The maximum atomic E-state index is 14.3. The minimum atomic E-state index is -0.655. The summed E-state index contributed by atoms with van der Waals surface area (Å²) in [4.78, 5) is 16.6. The lowest BCUT2D eigenvalue weighted by atomic mass is 10.2. The number of hydrogen-bond donors (Lipinski definition) is 0. The van der Waals surface area contributed by atoms with Gasteiger partial charge in [-0.25, -0.2) is 13.8 Å². The van der Waals surface area contributed by atoms with Crippen molar-refractivity contribution >= 4 is 22.5 Å². The number of rotatable bonds is 3. The van der Waals surface area contributed by atoms with E-state index in [2.05, 4.69) is 10.1 Å². The van der Waals surface area contributed by atoms with Gasteiger partial charge in [0.1, 0.15) is 11.0 Å². The SMILES string of the molecule is Cc1c(Cl)ncc(F)c1-n1ccc2c(cnn2Cc2ccccc2F)c1=O. The van der Waals surface area contributed by atoms with Gasteiger partial charge >= 0.3 is 0 Å². The molecule has 1 aromatic carbocycles. The fourth-order valence-electron chi connectivity index (χ4n) is 3.01. The second-order valence-electron chi connectivity index (χ2n) is 6.05. The minimum Gasteiger partial charge on any atom is -0.280 e. The van der Waals surface area contributed by atoms with E-state index in [1.54, 1.807) is 31.2 Å². The third-order valence-electron chi connectivity index (χ3n) is 4.41. The van der Waals surface area contributed by atoms with Gasteiger partial charge in [0, 0.05) is 17.3 Å². The lowest BCUT2D eigenvalue weighted by Gasteiger charge is -2.11. The van der Waals surface area contributed by atoms with E-state index in [0.717, 1.165) is 6.20 Å². The molecule has 4 rings (SSSR count). The Morgan fingerprint density at radius 3 is 2.67 bits per heavy atom. The molecule has 0 atom stereocenters. The fourth-order valence-corrected chi connectivity index (χ4v) is 3.15. The predicted octanol–water partition coefficient (Wildman–Crippen LogP) is 3.87. The first kappa shape index (κ1) is 17.4. The fraction of sp³-hybridized carbons (Fsp3) is 0.105. The Balaban J connectivity index is 1.85. The quantitative estimate of drug-likeness (QED) is 0.502. The number of pyridine rings is 2. The molecular weight excluding hydrogens is 374 g/mol. The molecule has 5 nitrogen and oxygen atoms in total. The Morgan fingerprint density at radius 1 is 1.11 bits per heavy atom. The third-order valence-corrected chi connectivity index (χ3v) is 4.79. The Kier molecular flexibility index (Phi) is 4.24. The molecule has 0 aliphatic heterocycles. The molecule has 0 aliphatic rings. The van der Waals surface area contributed by atoms with E-state index >= 15 is 0 Å². The zero-order valence-corrected chi connectivity index (χ0v) is 14.9. The number of benzene rings is 1. The van der Waals surface area contributed by atoms with Crippen molar-refractivity contribution in [1.29, 1.82) is 0 Å². The molecule has 3 aromatic heterocycles. The molecule has 0 spiro atoms. The van der Waals surface area contributed by atoms with Crippen LogP contribution in [0.4, 0.5) is 8.78 Å². The first-order valence-electron chi connectivity index (χ1n) is 8.09. The van der Waals surface area contributed by atoms with Crippen LogP contribution in [0.1, 0.15) is 11.1 Å². The Labute approximate surface area is 157 Å². The van der Waals surface area contributed by atoms with Crippen LogP contribution >= 0.6 is 11.6 Å². The van der Waals surface area contributed by atoms with Gasteiger partial charge in [0.15, 0.2) is 5.82 Å². The van der Waals surface area contributed by atoms with E-state index < -0.39 is 11.4 Å². The standard InChI is InChI=1S/C19H13ClF2N4O/c1-11-17(15(22)9-23-18(11)20)25-7-6-16-13(19(25)27)8-24-26(16)10-12-4-2-3-5-14(12)21/h2-9H,10H2,1H3. The van der Waals surface area contributed by atoms with E-state index in [1.165, 1.54) is 27.7 Å². The summed E-state index contributed by atoms with van der Waals surface area (Å²) in [6.45, 7) is 1.76. The first-order chi connectivity index (χ1) is 13.0. The summed E-state index contributed by atoms with van der Waals surface area (Å²) in [7, 11) is 0. The monoisotopic (exact) mass is 386 g/mol. The zero-order chi connectivity index (χ0) is 19.1. The molecule has 0 bridgehead atoms. The summed E-state index contributed by atoms with van der Waals surface area (Å²) in [5.41, 5.74) is 0.935. The highest BCUT2D eigenvalue weighted by Crippen LogP contribution is 2.23. The Bertz CT molecular complexity index is 1230. The van der Waals surface area contributed by atoms with Crippen molar-refractivity contribution < 1.29 is 8.78 Å². The van der Waals surface area contributed by atoms with E-state index in [-0.39, 0.29) is 23.2 Å². The first-order valence-corrected chi connectivity index (χ1v) is 8.46. The van der Waals surface area contributed by atoms with Crippen LogP contribution in [-0.2, 0) is 6.54 Å². The molecular formula is C19H13ClF2N4O. The van der Waals surface area contributed by atoms with Crippen molar-refractivity contribution in [3.63, 3.8) is 0 Å². The number of halogens is 3. The second kappa shape index (κ2) is 6.59. The number of aromatic nitrogens is 4. The second-order valence-corrected chi connectivity index (χ2v) is 6.41. The smallest absolute Gasteiger partial charge is 0.266 e. The van der Waals surface area contributed by atoms with Crippen LogP contribution in [0.5, 0.6) is 0 Å². The molecule has 136 valence electrons. The summed E-state index contributed by atoms with van der Waals surface area (Å²) in [5, 5.41) is 4.61. The average Bonchev–Trinajstić information content (AvgIpc) is 3.06. The van der Waals surface area contributed by atoms with Gasteiger partial charge in [0.05, 0.1) is 35.5 Å². The summed E-state index contributed by atoms with van der Waals surface area (Å²) < 4.78 is 30.9. The Morgan fingerprint density at radius 2 is 1.89 bits per heavy atom. The molecule has 4 aromatic rings. The van der Waals surface area contributed by atoms with Gasteiger partial charge < -0.3 is 0 Å². The molecule has 0 aliphatic carbocycles. The molecule has 0 amide bonds. The van der Waals surface area contributed by atoms with Crippen molar-refractivity contribution in [3.8, 4) is 5.69 Å². The minimum absolute atomic E-state index is 0.0451. The summed E-state index contributed by atoms with van der Waals surface area (Å²) in [6, 6.07) is 8.00. The van der Waals surface area contributed by atoms with Gasteiger partial charge in [0.25, 0.3) is 5.56 Å². The third kappa shape index (κ3) is 2.90. The normalized spacial score (nSPS) is 11.3. The number of fused-ring (bicyclic) bond motifs is 1. The topological polar surface area (TPSA) is 52.7 Å². The average molecular weight is 387 g/mol. The van der Waals surface area contributed by atoms with Crippen LogP contribution in [0.25, 0.3) is 16.6 Å². The molecule has 27 heavy (non-hydrogen) atoms. The Hall–Kier alpha value is -3.06. The largest absolute Gasteiger partial charge is 0.280 e. The van der Waals surface area contributed by atoms with E-state index in [1.807, 2.05) is 0 Å².